The van der Waals surface area contributed by atoms with Crippen molar-refractivity contribution in [3.8, 4) is 0 Å². The van der Waals surface area contributed by atoms with Crippen LogP contribution in [0.1, 0.15) is 36.1 Å². The van der Waals surface area contributed by atoms with Gasteiger partial charge in [0.25, 0.3) is 0 Å². The summed E-state index contributed by atoms with van der Waals surface area (Å²) in [5, 5.41) is 0. The normalized spacial score (nSPS) is 13.9. The minimum atomic E-state index is 0.515. The summed E-state index contributed by atoms with van der Waals surface area (Å²) in [6.07, 6.45) is 10.2. The lowest BCUT2D eigenvalue weighted by Gasteiger charge is -2.27. The quantitative estimate of drug-likeness (QED) is 0.757. The third-order valence-corrected chi connectivity index (χ3v) is 4.05. The van der Waals surface area contributed by atoms with Gasteiger partial charge in [0.15, 0.2) is 0 Å². The number of aromatic nitrogens is 1. The molecule has 0 aromatic carbocycles. The van der Waals surface area contributed by atoms with E-state index in [-0.39, 0.29) is 0 Å². The van der Waals surface area contributed by atoms with Gasteiger partial charge in [-0.2, -0.15) is 0 Å². The average molecular weight is 299 g/mol. The summed E-state index contributed by atoms with van der Waals surface area (Å²) >= 11 is 0. The molecule has 1 aliphatic carbocycles. The molecule has 1 amide bonds. The van der Waals surface area contributed by atoms with Gasteiger partial charge in [0.2, 0.25) is 6.41 Å². The van der Waals surface area contributed by atoms with Crippen molar-refractivity contribution >= 4 is 6.41 Å². The van der Waals surface area contributed by atoms with Crippen LogP contribution in [-0.4, -0.2) is 35.3 Å². The van der Waals surface area contributed by atoms with E-state index in [0.717, 1.165) is 30.6 Å². The highest BCUT2D eigenvalue weighted by atomic mass is 16.1. The Bertz CT molecular complexity index is 596. The minimum absolute atomic E-state index is 0.515. The number of carbonyl (C=O) groups excluding carboxylic acids is 1. The summed E-state index contributed by atoms with van der Waals surface area (Å²) in [7, 11) is 3.96. The van der Waals surface area contributed by atoms with Crippen molar-refractivity contribution in [1.29, 1.82) is 0 Å². The first-order valence-corrected chi connectivity index (χ1v) is 7.72. The van der Waals surface area contributed by atoms with E-state index < -0.39 is 0 Å². The Morgan fingerprint density at radius 1 is 1.27 bits per heavy atom. The maximum absolute atomic E-state index is 11.6. The van der Waals surface area contributed by atoms with E-state index in [1.165, 1.54) is 23.1 Å². The number of aryl methyl sites for hydroxylation is 2. The molecule has 1 saturated carbocycles. The fraction of sp³-hybridized carbons (Fsp3) is 0.444. The van der Waals surface area contributed by atoms with Gasteiger partial charge in [-0.1, -0.05) is 0 Å². The average Bonchev–Trinajstić information content (AvgIpc) is 2.42. The number of amides is 1. The molecule has 0 spiro atoms. The fourth-order valence-electron chi connectivity index (χ4n) is 2.37. The maximum atomic E-state index is 11.6. The van der Waals surface area contributed by atoms with Crippen LogP contribution < -0.4 is 0 Å². The standard InChI is InChI=1S/C18H25N3O/c1-14-10-17(19-11-15(14)2)12-21(13-22)18(8-9-20(3)4)16-6-5-7-16/h8-11,13H,5-7,12H2,1-4H3/b9-8-. The van der Waals surface area contributed by atoms with Crippen LogP contribution in [0.5, 0.6) is 0 Å². The Hall–Kier alpha value is -2.10. The Labute approximate surface area is 133 Å². The van der Waals surface area contributed by atoms with Crippen LogP contribution in [-0.2, 0) is 11.3 Å². The lowest BCUT2D eigenvalue weighted by atomic mass is 9.90. The van der Waals surface area contributed by atoms with Gasteiger partial charge >= 0.3 is 0 Å². The second kappa shape index (κ2) is 7.25. The van der Waals surface area contributed by atoms with Gasteiger partial charge < -0.3 is 9.80 Å². The molecule has 4 heteroatoms. The van der Waals surface area contributed by atoms with Gasteiger partial charge in [0.05, 0.1) is 12.2 Å². The number of rotatable bonds is 6. The van der Waals surface area contributed by atoms with E-state index in [0.29, 0.717) is 6.54 Å². The number of pyridine rings is 1. The summed E-state index contributed by atoms with van der Waals surface area (Å²) in [5.41, 5.74) is 5.68. The van der Waals surface area contributed by atoms with Crippen LogP contribution in [0.25, 0.3) is 0 Å². The summed E-state index contributed by atoms with van der Waals surface area (Å²) in [6, 6.07) is 2.06. The number of hydrogen-bond acceptors (Lipinski definition) is 3. The molecule has 0 saturated heterocycles. The lowest BCUT2D eigenvalue weighted by molar-refractivity contribution is -0.116. The SMILES string of the molecule is Cc1cnc(CN(C=O)C(/C=C\N(C)C)=C2CCC2)cc1C. The third kappa shape index (κ3) is 3.97. The van der Waals surface area contributed by atoms with Crippen LogP contribution in [0.4, 0.5) is 0 Å². The molecule has 0 N–H and O–H groups in total. The zero-order valence-electron chi connectivity index (χ0n) is 14.0. The Morgan fingerprint density at radius 3 is 2.50 bits per heavy atom. The second-order valence-corrected chi connectivity index (χ2v) is 6.11. The third-order valence-electron chi connectivity index (χ3n) is 4.05. The minimum Gasteiger partial charge on any atom is -0.383 e. The van der Waals surface area contributed by atoms with Crippen molar-refractivity contribution in [3.63, 3.8) is 0 Å². The van der Waals surface area contributed by atoms with Gasteiger partial charge in [0, 0.05) is 32.2 Å². The molecule has 1 fully saturated rings. The Kier molecular flexibility index (Phi) is 5.36. The van der Waals surface area contributed by atoms with Crippen molar-refractivity contribution in [2.45, 2.75) is 39.7 Å². The monoisotopic (exact) mass is 299 g/mol. The predicted molar refractivity (Wildman–Crippen MR) is 89.0 cm³/mol. The van der Waals surface area contributed by atoms with Gasteiger partial charge in [-0.05, 0) is 62.0 Å². The largest absolute Gasteiger partial charge is 0.383 e. The van der Waals surface area contributed by atoms with E-state index in [9.17, 15) is 4.79 Å². The van der Waals surface area contributed by atoms with E-state index in [1.54, 1.807) is 4.90 Å². The smallest absolute Gasteiger partial charge is 0.214 e. The van der Waals surface area contributed by atoms with Crippen molar-refractivity contribution in [2.24, 2.45) is 0 Å². The van der Waals surface area contributed by atoms with E-state index >= 15 is 0 Å². The van der Waals surface area contributed by atoms with E-state index in [2.05, 4.69) is 18.0 Å². The molecule has 1 heterocycles. The highest BCUT2D eigenvalue weighted by molar-refractivity contribution is 5.54. The van der Waals surface area contributed by atoms with Crippen LogP contribution in [0.3, 0.4) is 0 Å². The summed E-state index contributed by atoms with van der Waals surface area (Å²) in [6.45, 7) is 4.63. The summed E-state index contributed by atoms with van der Waals surface area (Å²) in [4.78, 5) is 19.8. The number of carbonyl (C=O) groups is 1. The van der Waals surface area contributed by atoms with Gasteiger partial charge in [-0.25, -0.2) is 0 Å². The number of nitrogens with zero attached hydrogens (tertiary/aromatic N) is 3. The molecular weight excluding hydrogens is 274 g/mol. The molecule has 22 heavy (non-hydrogen) atoms. The molecule has 0 atom stereocenters. The Balaban J connectivity index is 2.23. The summed E-state index contributed by atoms with van der Waals surface area (Å²) in [5.74, 6) is 0. The molecule has 1 aromatic heterocycles. The molecule has 1 aliphatic rings. The maximum Gasteiger partial charge on any atom is 0.214 e. The number of hydrogen-bond donors (Lipinski definition) is 0. The zero-order chi connectivity index (χ0) is 16.1. The van der Waals surface area contributed by atoms with Gasteiger partial charge in [-0.15, -0.1) is 0 Å². The molecule has 0 radical (unpaired) electrons. The summed E-state index contributed by atoms with van der Waals surface area (Å²) < 4.78 is 0. The van der Waals surface area contributed by atoms with E-state index in [4.69, 9.17) is 0 Å². The van der Waals surface area contributed by atoms with Crippen molar-refractivity contribution in [1.82, 2.24) is 14.8 Å². The molecule has 1 aromatic rings. The molecule has 0 bridgehead atoms. The topological polar surface area (TPSA) is 36.4 Å². The lowest BCUT2D eigenvalue weighted by Crippen LogP contribution is -2.24. The van der Waals surface area contributed by atoms with Crippen LogP contribution in [0.2, 0.25) is 0 Å². The first kappa shape index (κ1) is 16.3. The van der Waals surface area contributed by atoms with Crippen LogP contribution in [0.15, 0.2) is 35.8 Å². The van der Waals surface area contributed by atoms with Crippen molar-refractivity contribution in [3.05, 3.63) is 52.6 Å². The second-order valence-electron chi connectivity index (χ2n) is 6.11. The first-order valence-electron chi connectivity index (χ1n) is 7.72. The molecule has 118 valence electrons. The van der Waals surface area contributed by atoms with Gasteiger partial charge in [0.1, 0.15) is 0 Å². The van der Waals surface area contributed by atoms with Crippen molar-refractivity contribution in [2.75, 3.05) is 14.1 Å². The highest BCUT2D eigenvalue weighted by Gasteiger charge is 2.18. The van der Waals surface area contributed by atoms with Crippen LogP contribution >= 0.6 is 0 Å². The Morgan fingerprint density at radius 2 is 2.00 bits per heavy atom. The molecule has 4 nitrogen and oxygen atoms in total. The molecule has 2 rings (SSSR count). The molecule has 0 unspecified atom stereocenters. The zero-order valence-corrected chi connectivity index (χ0v) is 14.0. The fourth-order valence-corrected chi connectivity index (χ4v) is 2.37. The van der Waals surface area contributed by atoms with Crippen molar-refractivity contribution < 1.29 is 4.79 Å². The first-order chi connectivity index (χ1) is 10.5. The highest BCUT2D eigenvalue weighted by Crippen LogP contribution is 2.31. The molecule has 0 aliphatic heterocycles. The number of allylic oxidation sites excluding steroid dienone is 2. The van der Waals surface area contributed by atoms with Gasteiger partial charge in [-0.3, -0.25) is 9.78 Å². The molecular formula is C18H25N3O. The predicted octanol–water partition coefficient (Wildman–Crippen LogP) is 3.17. The van der Waals surface area contributed by atoms with Crippen LogP contribution in [0, 0.1) is 13.8 Å². The van der Waals surface area contributed by atoms with E-state index in [1.807, 2.05) is 44.4 Å².